The van der Waals surface area contributed by atoms with E-state index in [9.17, 15) is 10.1 Å². The number of hydrogen-bond donors (Lipinski definition) is 0. The number of rotatable bonds is 7. The van der Waals surface area contributed by atoms with Crippen LogP contribution in [-0.2, 0) is 11.3 Å². The van der Waals surface area contributed by atoms with Crippen molar-refractivity contribution in [2.75, 3.05) is 31.9 Å². The first-order valence-electron chi connectivity index (χ1n) is 10.5. The molecule has 30 heavy (non-hydrogen) atoms. The fourth-order valence-corrected chi connectivity index (χ4v) is 4.70. The number of hydrogen-bond acceptors (Lipinski definition) is 6. The molecule has 1 atom stereocenters. The third-order valence-electron chi connectivity index (χ3n) is 5.46. The van der Waals surface area contributed by atoms with Gasteiger partial charge >= 0.3 is 0 Å². The van der Waals surface area contributed by atoms with Gasteiger partial charge in [0.15, 0.2) is 11.0 Å². The summed E-state index contributed by atoms with van der Waals surface area (Å²) in [6.45, 7) is 11.8. The molecule has 1 aromatic heterocycles. The van der Waals surface area contributed by atoms with Gasteiger partial charge < -0.3 is 9.47 Å². The van der Waals surface area contributed by atoms with Crippen molar-refractivity contribution >= 4 is 17.7 Å². The highest BCUT2D eigenvalue weighted by atomic mass is 32.2. The highest BCUT2D eigenvalue weighted by molar-refractivity contribution is 7.99. The molecule has 0 N–H and O–H groups in total. The molecule has 0 saturated carbocycles. The molecule has 1 aliphatic heterocycles. The summed E-state index contributed by atoms with van der Waals surface area (Å²) in [4.78, 5) is 16.8. The average Bonchev–Trinajstić information content (AvgIpc) is 3.15. The van der Waals surface area contributed by atoms with Crippen molar-refractivity contribution in [1.29, 1.82) is 5.26 Å². The molecule has 0 aliphatic carbocycles. The molecule has 1 aliphatic rings. The molecule has 2 aromatic rings. The number of aromatic nitrogens is 3. The summed E-state index contributed by atoms with van der Waals surface area (Å²) < 4.78 is 2.06. The minimum atomic E-state index is -0.0835. The minimum absolute atomic E-state index is 0.0835. The highest BCUT2D eigenvalue weighted by Crippen LogP contribution is 2.25. The lowest BCUT2D eigenvalue weighted by Gasteiger charge is -2.38. The molecule has 1 aromatic carbocycles. The van der Waals surface area contributed by atoms with Crippen LogP contribution in [0.3, 0.4) is 0 Å². The molecule has 7 nitrogen and oxygen atoms in total. The Bertz CT molecular complexity index is 911. The number of nitrogens with zero attached hydrogens (tertiary/aromatic N) is 6. The summed E-state index contributed by atoms with van der Waals surface area (Å²) >= 11 is 1.44. The first kappa shape index (κ1) is 22.3. The van der Waals surface area contributed by atoms with E-state index in [1.165, 1.54) is 17.3 Å². The molecule has 8 heteroatoms. The molecular weight excluding hydrogens is 396 g/mol. The Kier molecular flexibility index (Phi) is 7.51. The minimum Gasteiger partial charge on any atom is -0.339 e. The van der Waals surface area contributed by atoms with Gasteiger partial charge in [-0.15, -0.1) is 10.2 Å². The van der Waals surface area contributed by atoms with Crippen LogP contribution >= 0.6 is 11.8 Å². The Morgan fingerprint density at radius 2 is 1.97 bits per heavy atom. The maximum Gasteiger partial charge on any atom is 0.233 e. The van der Waals surface area contributed by atoms with Crippen LogP contribution < -0.4 is 0 Å². The van der Waals surface area contributed by atoms with Crippen LogP contribution in [0.5, 0.6) is 0 Å². The zero-order valence-corrected chi connectivity index (χ0v) is 19.0. The third kappa shape index (κ3) is 5.02. The summed E-state index contributed by atoms with van der Waals surface area (Å²) in [6.07, 6.45) is 0. The van der Waals surface area contributed by atoms with Crippen LogP contribution in [0.4, 0.5) is 0 Å². The summed E-state index contributed by atoms with van der Waals surface area (Å²) in [5, 5.41) is 18.9. The van der Waals surface area contributed by atoms with Gasteiger partial charge in [-0.3, -0.25) is 9.69 Å². The van der Waals surface area contributed by atoms with Crippen LogP contribution in [0.15, 0.2) is 29.4 Å². The van der Waals surface area contributed by atoms with E-state index < -0.39 is 0 Å². The van der Waals surface area contributed by atoms with Gasteiger partial charge in [-0.1, -0.05) is 49.4 Å². The van der Waals surface area contributed by atoms with E-state index in [0.29, 0.717) is 18.8 Å². The second-order valence-corrected chi connectivity index (χ2v) is 8.89. The van der Waals surface area contributed by atoms with Gasteiger partial charge in [0.1, 0.15) is 6.04 Å². The summed E-state index contributed by atoms with van der Waals surface area (Å²) in [5.41, 5.74) is 2.22. The van der Waals surface area contributed by atoms with Crippen molar-refractivity contribution in [2.24, 2.45) is 5.92 Å². The van der Waals surface area contributed by atoms with Crippen LogP contribution in [-0.4, -0.2) is 68.4 Å². The Morgan fingerprint density at radius 1 is 1.23 bits per heavy atom. The Balaban J connectivity index is 1.59. The largest absolute Gasteiger partial charge is 0.339 e. The fourth-order valence-electron chi connectivity index (χ4n) is 3.80. The fraction of sp³-hybridized carbons (Fsp3) is 0.545. The van der Waals surface area contributed by atoms with E-state index in [-0.39, 0.29) is 17.9 Å². The van der Waals surface area contributed by atoms with E-state index in [1.807, 2.05) is 17.0 Å². The first-order valence-corrected chi connectivity index (χ1v) is 11.5. The van der Waals surface area contributed by atoms with Gasteiger partial charge in [0.25, 0.3) is 0 Å². The van der Waals surface area contributed by atoms with E-state index >= 15 is 0 Å². The van der Waals surface area contributed by atoms with Gasteiger partial charge in [-0.25, -0.2) is 0 Å². The van der Waals surface area contributed by atoms with Crippen molar-refractivity contribution < 1.29 is 4.79 Å². The maximum absolute atomic E-state index is 12.7. The van der Waals surface area contributed by atoms with Crippen molar-refractivity contribution in [3.63, 3.8) is 0 Å². The molecule has 2 heterocycles. The average molecular weight is 427 g/mol. The van der Waals surface area contributed by atoms with E-state index in [0.717, 1.165) is 36.2 Å². The number of amides is 1. The maximum atomic E-state index is 12.7. The molecule has 0 radical (unpaired) electrons. The lowest BCUT2D eigenvalue weighted by atomic mass is 10.0. The number of thioether (sulfide) groups is 1. The molecular formula is C22H30N6OS. The van der Waals surface area contributed by atoms with Gasteiger partial charge in [-0.05, 0) is 25.8 Å². The molecule has 1 saturated heterocycles. The number of nitriles is 1. The van der Waals surface area contributed by atoms with Crippen LogP contribution in [0, 0.1) is 24.2 Å². The molecule has 3 rings (SSSR count). The quantitative estimate of drug-likeness (QED) is 0.633. The number of aryl methyl sites for hydroxylation is 1. The van der Waals surface area contributed by atoms with E-state index in [4.69, 9.17) is 0 Å². The van der Waals surface area contributed by atoms with E-state index in [2.05, 4.69) is 65.6 Å². The summed E-state index contributed by atoms with van der Waals surface area (Å²) in [7, 11) is 0. The number of carbonyl (C=O) groups is 1. The predicted molar refractivity (Wildman–Crippen MR) is 119 cm³/mol. The van der Waals surface area contributed by atoms with Crippen LogP contribution in [0.2, 0.25) is 0 Å². The third-order valence-corrected chi connectivity index (χ3v) is 6.41. The van der Waals surface area contributed by atoms with Crippen molar-refractivity contribution in [1.82, 2.24) is 24.6 Å². The summed E-state index contributed by atoms with van der Waals surface area (Å²) in [5.74, 6) is 1.58. The Labute approximate surface area is 183 Å². The highest BCUT2D eigenvalue weighted by Gasteiger charge is 2.28. The van der Waals surface area contributed by atoms with Gasteiger partial charge in [-0.2, -0.15) is 5.26 Å². The molecule has 1 amide bonds. The smallest absolute Gasteiger partial charge is 0.233 e. The zero-order chi connectivity index (χ0) is 21.7. The lowest BCUT2D eigenvalue weighted by Crippen LogP contribution is -2.53. The number of carbonyl (C=O) groups excluding carboxylic acids is 1. The van der Waals surface area contributed by atoms with Crippen molar-refractivity contribution in [3.8, 4) is 17.5 Å². The normalized spacial score (nSPS) is 15.9. The summed E-state index contributed by atoms with van der Waals surface area (Å²) in [6, 6.07) is 10.5. The monoisotopic (exact) mass is 426 g/mol. The second kappa shape index (κ2) is 10.1. The SMILES string of the molecule is CCn1c(SCC(=O)N2CCN(C(C#N)C(C)C)CC2)nnc1-c1cccc(C)c1. The molecule has 160 valence electrons. The molecule has 0 bridgehead atoms. The Hall–Kier alpha value is -2.37. The van der Waals surface area contributed by atoms with E-state index in [1.54, 1.807) is 0 Å². The van der Waals surface area contributed by atoms with Crippen LogP contribution in [0.25, 0.3) is 11.4 Å². The van der Waals surface area contributed by atoms with Gasteiger partial charge in [0.2, 0.25) is 5.91 Å². The van der Waals surface area contributed by atoms with Crippen molar-refractivity contribution in [2.45, 2.75) is 45.4 Å². The molecule has 1 unspecified atom stereocenters. The van der Waals surface area contributed by atoms with Crippen molar-refractivity contribution in [3.05, 3.63) is 29.8 Å². The topological polar surface area (TPSA) is 78.0 Å². The van der Waals surface area contributed by atoms with Gasteiger partial charge in [0, 0.05) is 38.3 Å². The van der Waals surface area contributed by atoms with Gasteiger partial charge in [0.05, 0.1) is 11.8 Å². The predicted octanol–water partition coefficient (Wildman–Crippen LogP) is 3.06. The first-order chi connectivity index (χ1) is 14.4. The second-order valence-electron chi connectivity index (χ2n) is 7.94. The number of benzene rings is 1. The molecule has 0 spiro atoms. The molecule has 1 fully saturated rings. The number of piperazine rings is 1. The standard InChI is InChI=1S/C22H30N6OS/c1-5-28-21(18-8-6-7-17(4)13-18)24-25-22(28)30-15-20(29)27-11-9-26(10-12-27)19(14-23)16(2)3/h6-8,13,16,19H,5,9-12,15H2,1-4H3. The zero-order valence-electron chi connectivity index (χ0n) is 18.2. The Morgan fingerprint density at radius 3 is 2.57 bits per heavy atom. The lowest BCUT2D eigenvalue weighted by molar-refractivity contribution is -0.130. The van der Waals surface area contributed by atoms with Crippen LogP contribution in [0.1, 0.15) is 26.3 Å².